The normalized spacial score (nSPS) is 12.5. The minimum atomic E-state index is -0.0172. The lowest BCUT2D eigenvalue weighted by Gasteiger charge is -2.28. The monoisotopic (exact) mass is 222 g/mol. The lowest BCUT2D eigenvalue weighted by molar-refractivity contribution is -0.0583. The summed E-state index contributed by atoms with van der Waals surface area (Å²) in [5.41, 5.74) is -0.0172. The van der Waals surface area contributed by atoms with Crippen LogP contribution >= 0.6 is 15.9 Å². The molecule has 0 aliphatic heterocycles. The zero-order chi connectivity index (χ0) is 8.91. The molecule has 0 atom stereocenters. The van der Waals surface area contributed by atoms with Crippen LogP contribution in [-0.4, -0.2) is 17.0 Å². The van der Waals surface area contributed by atoms with Gasteiger partial charge in [-0.1, -0.05) is 29.8 Å². The predicted molar refractivity (Wildman–Crippen MR) is 53.3 cm³/mol. The number of rotatable bonds is 5. The van der Waals surface area contributed by atoms with Crippen molar-refractivity contribution in [2.24, 2.45) is 0 Å². The summed E-state index contributed by atoms with van der Waals surface area (Å²) < 4.78 is 5.84. The second-order valence-electron chi connectivity index (χ2n) is 3.45. The number of hydrogen-bond acceptors (Lipinski definition) is 1. The fourth-order valence-corrected chi connectivity index (χ4v) is 1.07. The van der Waals surface area contributed by atoms with E-state index >= 15 is 0 Å². The Labute approximate surface area is 78.6 Å². The smallest absolute Gasteiger partial charge is 0.0726 e. The molecule has 0 saturated carbocycles. The average Bonchev–Trinajstić information content (AvgIpc) is 2.00. The fraction of sp³-hybridized carbons (Fsp3) is 1.00. The van der Waals surface area contributed by atoms with Crippen LogP contribution in [-0.2, 0) is 4.74 Å². The van der Waals surface area contributed by atoms with Crippen LogP contribution < -0.4 is 0 Å². The molecule has 0 amide bonds. The van der Waals surface area contributed by atoms with Gasteiger partial charge < -0.3 is 4.74 Å². The first kappa shape index (κ1) is 11.4. The highest BCUT2D eigenvalue weighted by atomic mass is 79.9. The zero-order valence-electron chi connectivity index (χ0n) is 7.98. The van der Waals surface area contributed by atoms with Gasteiger partial charge in [-0.2, -0.15) is 0 Å². The van der Waals surface area contributed by atoms with Crippen molar-refractivity contribution in [1.82, 2.24) is 0 Å². The van der Waals surface area contributed by atoms with Crippen molar-refractivity contribution in [3.05, 3.63) is 0 Å². The topological polar surface area (TPSA) is 9.23 Å². The molecule has 11 heavy (non-hydrogen) atoms. The van der Waals surface area contributed by atoms with Gasteiger partial charge in [-0.3, -0.25) is 0 Å². The Bertz CT molecular complexity index is 97.7. The van der Waals surface area contributed by atoms with E-state index in [1.807, 2.05) is 0 Å². The van der Waals surface area contributed by atoms with Crippen LogP contribution in [0.25, 0.3) is 0 Å². The first-order valence-corrected chi connectivity index (χ1v) is 5.41. The van der Waals surface area contributed by atoms with Crippen LogP contribution in [0.4, 0.5) is 0 Å². The van der Waals surface area contributed by atoms with E-state index in [0.29, 0.717) is 6.10 Å². The summed E-state index contributed by atoms with van der Waals surface area (Å²) in [5.74, 6) is 0. The minimum absolute atomic E-state index is 0.0172. The Morgan fingerprint density at radius 3 is 2.00 bits per heavy atom. The Morgan fingerprint density at radius 1 is 1.27 bits per heavy atom. The summed E-state index contributed by atoms with van der Waals surface area (Å²) >= 11 is 3.43. The third kappa shape index (κ3) is 4.81. The molecule has 68 valence electrons. The maximum Gasteiger partial charge on any atom is 0.0726 e. The van der Waals surface area contributed by atoms with Gasteiger partial charge in [0.05, 0.1) is 11.7 Å². The molecular weight excluding hydrogens is 204 g/mol. The predicted octanol–water partition coefficient (Wildman–Crippen LogP) is 3.37. The summed E-state index contributed by atoms with van der Waals surface area (Å²) in [4.78, 5) is 0. The maximum absolute atomic E-state index is 5.84. The number of ether oxygens (including phenoxy) is 1. The molecule has 0 aromatic rings. The minimum Gasteiger partial charge on any atom is -0.372 e. The van der Waals surface area contributed by atoms with Gasteiger partial charge in [0.2, 0.25) is 0 Å². The van der Waals surface area contributed by atoms with Crippen molar-refractivity contribution < 1.29 is 4.74 Å². The number of hydrogen-bond donors (Lipinski definition) is 0. The number of alkyl halides is 1. The van der Waals surface area contributed by atoms with Gasteiger partial charge in [-0.05, 0) is 26.7 Å². The molecule has 0 heterocycles. The van der Waals surface area contributed by atoms with Gasteiger partial charge in [-0.25, -0.2) is 0 Å². The van der Waals surface area contributed by atoms with Crippen molar-refractivity contribution in [2.45, 2.75) is 52.2 Å². The number of halogens is 1. The summed E-state index contributed by atoms with van der Waals surface area (Å²) in [5, 5.41) is 0.899. The van der Waals surface area contributed by atoms with E-state index in [1.165, 1.54) is 0 Å². The molecule has 0 aliphatic rings. The van der Waals surface area contributed by atoms with E-state index in [-0.39, 0.29) is 5.60 Å². The third-order valence-corrected chi connectivity index (χ3v) is 3.07. The Morgan fingerprint density at radius 2 is 1.73 bits per heavy atom. The van der Waals surface area contributed by atoms with Crippen molar-refractivity contribution in [2.75, 3.05) is 5.33 Å². The van der Waals surface area contributed by atoms with Crippen LogP contribution in [0, 0.1) is 0 Å². The Balaban J connectivity index is 3.79. The second-order valence-corrected chi connectivity index (χ2v) is 4.01. The van der Waals surface area contributed by atoms with E-state index < -0.39 is 0 Å². The van der Waals surface area contributed by atoms with Crippen molar-refractivity contribution in [3.63, 3.8) is 0 Å². The van der Waals surface area contributed by atoms with Crippen LogP contribution in [0.5, 0.6) is 0 Å². The first-order chi connectivity index (χ1) is 5.05. The lowest BCUT2D eigenvalue weighted by atomic mass is 10.1. The summed E-state index contributed by atoms with van der Waals surface area (Å²) in [6.45, 7) is 8.55. The van der Waals surface area contributed by atoms with Crippen molar-refractivity contribution >= 4 is 15.9 Å². The third-order valence-electron chi connectivity index (χ3n) is 1.72. The van der Waals surface area contributed by atoms with Gasteiger partial charge in [0.1, 0.15) is 0 Å². The molecule has 0 spiro atoms. The van der Waals surface area contributed by atoms with E-state index in [9.17, 15) is 0 Å². The van der Waals surface area contributed by atoms with Gasteiger partial charge in [0.25, 0.3) is 0 Å². The van der Waals surface area contributed by atoms with Gasteiger partial charge in [0, 0.05) is 5.33 Å². The quantitative estimate of drug-likeness (QED) is 0.649. The highest BCUT2D eigenvalue weighted by Crippen LogP contribution is 2.18. The SMILES string of the molecule is CCC(CC)OC(C)(C)CBr. The van der Waals surface area contributed by atoms with Crippen LogP contribution in [0.2, 0.25) is 0 Å². The molecule has 0 aromatic heterocycles. The van der Waals surface area contributed by atoms with E-state index in [1.54, 1.807) is 0 Å². The standard InChI is InChI=1S/C9H19BrO/c1-5-8(6-2)11-9(3,4)7-10/h8H,5-7H2,1-4H3. The largest absolute Gasteiger partial charge is 0.372 e. The van der Waals surface area contributed by atoms with Crippen molar-refractivity contribution in [3.8, 4) is 0 Å². The highest BCUT2D eigenvalue weighted by molar-refractivity contribution is 9.09. The van der Waals surface area contributed by atoms with E-state index in [2.05, 4.69) is 43.6 Å². The molecular formula is C9H19BrO. The Kier molecular flexibility index (Phi) is 5.36. The van der Waals surface area contributed by atoms with Crippen LogP contribution in [0.3, 0.4) is 0 Å². The Hall–Kier alpha value is 0.440. The molecule has 0 rings (SSSR count). The highest BCUT2D eigenvalue weighted by Gasteiger charge is 2.20. The molecule has 1 nitrogen and oxygen atoms in total. The lowest BCUT2D eigenvalue weighted by Crippen LogP contribution is -2.31. The average molecular weight is 223 g/mol. The van der Waals surface area contributed by atoms with Crippen LogP contribution in [0.15, 0.2) is 0 Å². The molecule has 0 aliphatic carbocycles. The van der Waals surface area contributed by atoms with Crippen LogP contribution in [0.1, 0.15) is 40.5 Å². The second kappa shape index (κ2) is 5.15. The molecule has 0 fully saturated rings. The van der Waals surface area contributed by atoms with Gasteiger partial charge in [-0.15, -0.1) is 0 Å². The fourth-order valence-electron chi connectivity index (χ4n) is 0.938. The maximum atomic E-state index is 5.84. The first-order valence-electron chi connectivity index (χ1n) is 4.29. The van der Waals surface area contributed by atoms with E-state index in [4.69, 9.17) is 4.74 Å². The summed E-state index contributed by atoms with van der Waals surface area (Å²) in [6, 6.07) is 0. The molecule has 0 saturated heterocycles. The summed E-state index contributed by atoms with van der Waals surface area (Å²) in [6.07, 6.45) is 2.63. The van der Waals surface area contributed by atoms with Gasteiger partial charge >= 0.3 is 0 Å². The molecule has 0 bridgehead atoms. The van der Waals surface area contributed by atoms with Crippen molar-refractivity contribution in [1.29, 1.82) is 0 Å². The molecule has 0 unspecified atom stereocenters. The van der Waals surface area contributed by atoms with Gasteiger partial charge in [0.15, 0.2) is 0 Å². The molecule has 0 radical (unpaired) electrons. The molecule has 2 heteroatoms. The van der Waals surface area contributed by atoms with E-state index in [0.717, 1.165) is 18.2 Å². The zero-order valence-corrected chi connectivity index (χ0v) is 9.57. The molecule has 0 N–H and O–H groups in total. The summed E-state index contributed by atoms with van der Waals surface area (Å²) in [7, 11) is 0. The molecule has 0 aromatic carbocycles.